The van der Waals surface area contributed by atoms with E-state index in [1.54, 1.807) is 25.2 Å². The van der Waals surface area contributed by atoms with Crippen LogP contribution in [-0.4, -0.2) is 35.1 Å². The number of hydrogen-bond donors (Lipinski definition) is 1. The van der Waals surface area contributed by atoms with Gasteiger partial charge in [-0.3, -0.25) is 9.89 Å². The van der Waals surface area contributed by atoms with Crippen LogP contribution in [0.25, 0.3) is 10.9 Å². The Hall–Kier alpha value is -1.84. The monoisotopic (exact) mass is 233 g/mol. The molecule has 4 heteroatoms. The van der Waals surface area contributed by atoms with Crippen molar-refractivity contribution in [3.8, 4) is 0 Å². The molecule has 0 saturated heterocycles. The van der Waals surface area contributed by atoms with Crippen LogP contribution in [0.5, 0.6) is 0 Å². The minimum Gasteiger partial charge on any atom is -0.345 e. The highest BCUT2D eigenvalue weighted by molar-refractivity contribution is 5.98. The molecule has 1 amide bonds. The smallest absolute Gasteiger partial charge is 0.253 e. The van der Waals surface area contributed by atoms with E-state index in [2.05, 4.69) is 10.2 Å². The molecule has 1 aromatic carbocycles. The van der Waals surface area contributed by atoms with Crippen molar-refractivity contribution in [1.82, 2.24) is 15.1 Å². The summed E-state index contributed by atoms with van der Waals surface area (Å²) in [7, 11) is 3.49. The molecule has 0 saturated carbocycles. The Labute approximate surface area is 102 Å². The molecule has 17 heavy (non-hydrogen) atoms. The SMILES string of the molecule is CC.Cc1cc(C(=O)N(C)C)cc2[nH]ncc12. The normalized spacial score (nSPS) is 9.71. The lowest BCUT2D eigenvalue weighted by atomic mass is 10.1. The average Bonchev–Trinajstić information content (AvgIpc) is 2.79. The van der Waals surface area contributed by atoms with Gasteiger partial charge in [0.2, 0.25) is 0 Å². The van der Waals surface area contributed by atoms with E-state index < -0.39 is 0 Å². The number of H-pyrrole nitrogens is 1. The Morgan fingerprint density at radius 2 is 1.94 bits per heavy atom. The molecular weight excluding hydrogens is 214 g/mol. The van der Waals surface area contributed by atoms with Crippen molar-refractivity contribution >= 4 is 16.8 Å². The van der Waals surface area contributed by atoms with Gasteiger partial charge in [-0.05, 0) is 24.6 Å². The summed E-state index contributed by atoms with van der Waals surface area (Å²) in [4.78, 5) is 13.3. The van der Waals surface area contributed by atoms with Gasteiger partial charge in [-0.1, -0.05) is 13.8 Å². The molecule has 92 valence electrons. The van der Waals surface area contributed by atoms with Crippen LogP contribution in [0.1, 0.15) is 29.8 Å². The van der Waals surface area contributed by atoms with Crippen LogP contribution in [-0.2, 0) is 0 Å². The number of carbonyl (C=O) groups excluding carboxylic acids is 1. The maximum atomic E-state index is 11.8. The van der Waals surface area contributed by atoms with Gasteiger partial charge in [0.15, 0.2) is 0 Å². The van der Waals surface area contributed by atoms with E-state index in [4.69, 9.17) is 0 Å². The van der Waals surface area contributed by atoms with Crippen LogP contribution in [0.3, 0.4) is 0 Å². The van der Waals surface area contributed by atoms with E-state index in [0.717, 1.165) is 16.5 Å². The number of nitrogens with one attached hydrogen (secondary N) is 1. The van der Waals surface area contributed by atoms with Crippen molar-refractivity contribution in [2.75, 3.05) is 14.1 Å². The van der Waals surface area contributed by atoms with Gasteiger partial charge in [-0.15, -0.1) is 0 Å². The summed E-state index contributed by atoms with van der Waals surface area (Å²) >= 11 is 0. The Morgan fingerprint density at radius 1 is 1.29 bits per heavy atom. The first-order valence-corrected chi connectivity index (χ1v) is 5.75. The van der Waals surface area contributed by atoms with Crippen molar-refractivity contribution in [1.29, 1.82) is 0 Å². The third-order valence-electron chi connectivity index (χ3n) is 2.42. The maximum Gasteiger partial charge on any atom is 0.253 e. The topological polar surface area (TPSA) is 49.0 Å². The molecule has 0 unspecified atom stereocenters. The standard InChI is InChI=1S/C11H13N3O.C2H6/c1-7-4-8(11(15)14(2)3)5-10-9(7)6-12-13-10;1-2/h4-6H,1-3H3,(H,12,13);1-2H3. The summed E-state index contributed by atoms with van der Waals surface area (Å²) in [5, 5.41) is 7.89. The summed E-state index contributed by atoms with van der Waals surface area (Å²) in [5.74, 6) is 0.00889. The molecule has 1 heterocycles. The molecule has 0 aliphatic carbocycles. The van der Waals surface area contributed by atoms with Gasteiger partial charge in [-0.2, -0.15) is 5.10 Å². The Balaban J connectivity index is 0.000000686. The second kappa shape index (κ2) is 5.48. The third-order valence-corrected chi connectivity index (χ3v) is 2.42. The van der Waals surface area contributed by atoms with Crippen molar-refractivity contribution < 1.29 is 4.79 Å². The molecule has 0 aliphatic heterocycles. The zero-order valence-electron chi connectivity index (χ0n) is 11.0. The molecule has 1 N–H and O–H groups in total. The molecule has 0 fully saturated rings. The van der Waals surface area contributed by atoms with Gasteiger partial charge in [0, 0.05) is 25.0 Å². The highest BCUT2D eigenvalue weighted by Crippen LogP contribution is 2.18. The fourth-order valence-corrected chi connectivity index (χ4v) is 1.61. The molecule has 0 spiro atoms. The minimum atomic E-state index is 0.00889. The summed E-state index contributed by atoms with van der Waals surface area (Å²) in [6.45, 7) is 5.98. The number of benzene rings is 1. The van der Waals surface area contributed by atoms with Crippen LogP contribution in [0.15, 0.2) is 18.3 Å². The number of nitrogens with zero attached hydrogens (tertiary/aromatic N) is 2. The predicted molar refractivity (Wildman–Crippen MR) is 70.2 cm³/mol. The summed E-state index contributed by atoms with van der Waals surface area (Å²) in [6, 6.07) is 3.72. The van der Waals surface area contributed by atoms with E-state index in [0.29, 0.717) is 5.56 Å². The van der Waals surface area contributed by atoms with Crippen LogP contribution in [0.2, 0.25) is 0 Å². The lowest BCUT2D eigenvalue weighted by Gasteiger charge is -2.10. The van der Waals surface area contributed by atoms with E-state index >= 15 is 0 Å². The largest absolute Gasteiger partial charge is 0.345 e. The Morgan fingerprint density at radius 3 is 2.53 bits per heavy atom. The lowest BCUT2D eigenvalue weighted by Crippen LogP contribution is -2.21. The quantitative estimate of drug-likeness (QED) is 0.823. The van der Waals surface area contributed by atoms with Crippen molar-refractivity contribution in [3.05, 3.63) is 29.5 Å². The van der Waals surface area contributed by atoms with Gasteiger partial charge >= 0.3 is 0 Å². The summed E-state index contributed by atoms with van der Waals surface area (Å²) in [6.07, 6.45) is 1.77. The molecule has 1 aromatic heterocycles. The molecule has 2 aromatic rings. The van der Waals surface area contributed by atoms with E-state index in [9.17, 15) is 4.79 Å². The van der Waals surface area contributed by atoms with Crippen LogP contribution >= 0.6 is 0 Å². The number of aromatic nitrogens is 2. The van der Waals surface area contributed by atoms with E-state index in [1.807, 2.05) is 32.9 Å². The fraction of sp³-hybridized carbons (Fsp3) is 0.385. The van der Waals surface area contributed by atoms with E-state index in [-0.39, 0.29) is 5.91 Å². The molecule has 4 nitrogen and oxygen atoms in total. The zero-order chi connectivity index (χ0) is 13.0. The van der Waals surface area contributed by atoms with Crippen molar-refractivity contribution in [2.24, 2.45) is 0 Å². The van der Waals surface area contributed by atoms with Gasteiger partial charge in [0.1, 0.15) is 0 Å². The number of hydrogen-bond acceptors (Lipinski definition) is 2. The number of rotatable bonds is 1. The van der Waals surface area contributed by atoms with Crippen LogP contribution in [0, 0.1) is 6.92 Å². The Bertz CT molecular complexity index is 514. The van der Waals surface area contributed by atoms with E-state index in [1.165, 1.54) is 0 Å². The minimum absolute atomic E-state index is 0.00889. The number of aryl methyl sites for hydroxylation is 1. The van der Waals surface area contributed by atoms with Crippen molar-refractivity contribution in [3.63, 3.8) is 0 Å². The molecule has 0 aliphatic rings. The molecule has 2 rings (SSSR count). The lowest BCUT2D eigenvalue weighted by molar-refractivity contribution is 0.0827. The maximum absolute atomic E-state index is 11.8. The number of aromatic amines is 1. The van der Waals surface area contributed by atoms with Gasteiger partial charge in [0.05, 0.1) is 11.7 Å². The molecule has 0 radical (unpaired) electrons. The second-order valence-electron chi connectivity index (χ2n) is 3.82. The van der Waals surface area contributed by atoms with Gasteiger partial charge in [-0.25, -0.2) is 0 Å². The third kappa shape index (κ3) is 2.64. The first kappa shape index (κ1) is 13.2. The number of fused-ring (bicyclic) bond motifs is 1. The number of carbonyl (C=O) groups is 1. The predicted octanol–water partition coefficient (Wildman–Crippen LogP) is 2.60. The first-order valence-electron chi connectivity index (χ1n) is 5.75. The van der Waals surface area contributed by atoms with Crippen LogP contribution in [0.4, 0.5) is 0 Å². The zero-order valence-corrected chi connectivity index (χ0v) is 11.0. The van der Waals surface area contributed by atoms with Crippen LogP contribution < -0.4 is 0 Å². The molecule has 0 bridgehead atoms. The number of amides is 1. The first-order chi connectivity index (χ1) is 8.09. The molecule has 0 atom stereocenters. The fourth-order valence-electron chi connectivity index (χ4n) is 1.61. The summed E-state index contributed by atoms with van der Waals surface area (Å²) in [5.41, 5.74) is 2.65. The van der Waals surface area contributed by atoms with Gasteiger partial charge in [0.25, 0.3) is 5.91 Å². The van der Waals surface area contributed by atoms with Gasteiger partial charge < -0.3 is 4.90 Å². The Kier molecular flexibility index (Phi) is 4.26. The summed E-state index contributed by atoms with van der Waals surface area (Å²) < 4.78 is 0. The average molecular weight is 233 g/mol. The van der Waals surface area contributed by atoms with Crippen molar-refractivity contribution in [2.45, 2.75) is 20.8 Å². The highest BCUT2D eigenvalue weighted by atomic mass is 16.2. The molecular formula is C13H19N3O. The highest BCUT2D eigenvalue weighted by Gasteiger charge is 2.10. The second-order valence-corrected chi connectivity index (χ2v) is 3.82.